The van der Waals surface area contributed by atoms with Crippen molar-refractivity contribution in [2.45, 2.75) is 18.9 Å². The van der Waals surface area contributed by atoms with Crippen LogP contribution in [-0.4, -0.2) is 40.1 Å². The maximum atomic E-state index is 12.3. The average molecular weight is 323 g/mol. The minimum absolute atomic E-state index is 0.0739. The second-order valence-corrected chi connectivity index (χ2v) is 6.64. The van der Waals surface area contributed by atoms with Crippen LogP contribution in [-0.2, 0) is 0 Å². The van der Waals surface area contributed by atoms with Crippen molar-refractivity contribution in [1.82, 2.24) is 15.1 Å². The maximum absolute atomic E-state index is 12.3. The molecule has 0 saturated carbocycles. The van der Waals surface area contributed by atoms with E-state index in [-0.39, 0.29) is 5.91 Å². The first kappa shape index (κ1) is 14.3. The molecule has 0 atom stereocenters. The molecule has 0 radical (unpaired) electrons. The standard InChI is InChI=1S/C14H15ClN4OS/c15-12-4-3-11(21-12)14(20)19-8-5-10(6-9-19)17-13-2-1-7-16-18-13/h1-4,7,10H,5-6,8-9H2,(H,17,18). The number of nitrogens with zero attached hydrogens (tertiary/aromatic N) is 3. The molecule has 2 aromatic rings. The van der Waals surface area contributed by atoms with Gasteiger partial charge in [0, 0.05) is 25.3 Å². The van der Waals surface area contributed by atoms with Gasteiger partial charge in [-0.15, -0.1) is 16.4 Å². The van der Waals surface area contributed by atoms with Crippen LogP contribution < -0.4 is 5.32 Å². The topological polar surface area (TPSA) is 58.1 Å². The molecule has 7 heteroatoms. The Morgan fingerprint density at radius 3 is 2.76 bits per heavy atom. The van der Waals surface area contributed by atoms with Gasteiger partial charge in [0.25, 0.3) is 5.91 Å². The normalized spacial score (nSPS) is 16.0. The molecule has 1 aliphatic heterocycles. The third-order valence-corrected chi connectivity index (χ3v) is 4.71. The summed E-state index contributed by atoms with van der Waals surface area (Å²) < 4.78 is 0.651. The number of hydrogen-bond acceptors (Lipinski definition) is 5. The van der Waals surface area contributed by atoms with Gasteiger partial charge in [-0.05, 0) is 37.1 Å². The van der Waals surface area contributed by atoms with E-state index in [2.05, 4.69) is 15.5 Å². The summed E-state index contributed by atoms with van der Waals surface area (Å²) in [5.41, 5.74) is 0. The SMILES string of the molecule is O=C(c1ccc(Cl)s1)N1CCC(Nc2cccnn2)CC1. The Morgan fingerprint density at radius 2 is 2.14 bits per heavy atom. The molecule has 1 aliphatic rings. The minimum atomic E-state index is 0.0739. The smallest absolute Gasteiger partial charge is 0.263 e. The first-order valence-electron chi connectivity index (χ1n) is 6.81. The second-order valence-electron chi connectivity index (χ2n) is 4.92. The van der Waals surface area contributed by atoms with Crippen LogP contribution in [0.2, 0.25) is 4.34 Å². The summed E-state index contributed by atoms with van der Waals surface area (Å²) in [7, 11) is 0. The number of aromatic nitrogens is 2. The molecule has 0 spiro atoms. The van der Waals surface area contributed by atoms with Crippen molar-refractivity contribution < 1.29 is 4.79 Å². The molecule has 110 valence electrons. The van der Waals surface area contributed by atoms with Crippen LogP contribution in [0.4, 0.5) is 5.82 Å². The fraction of sp³-hybridized carbons (Fsp3) is 0.357. The molecule has 1 amide bonds. The number of nitrogens with one attached hydrogen (secondary N) is 1. The number of amides is 1. The Hall–Kier alpha value is -1.66. The molecular weight excluding hydrogens is 308 g/mol. The Bertz CT molecular complexity index is 610. The van der Waals surface area contributed by atoms with Crippen molar-refractivity contribution in [2.75, 3.05) is 18.4 Å². The van der Waals surface area contributed by atoms with Gasteiger partial charge in [0.1, 0.15) is 5.82 Å². The molecule has 2 aromatic heterocycles. The van der Waals surface area contributed by atoms with Gasteiger partial charge in [-0.25, -0.2) is 0 Å². The molecular formula is C14H15ClN4OS. The van der Waals surface area contributed by atoms with E-state index in [1.54, 1.807) is 18.3 Å². The molecule has 3 rings (SSSR count). The molecule has 1 saturated heterocycles. The lowest BCUT2D eigenvalue weighted by molar-refractivity contribution is 0.0723. The van der Waals surface area contributed by atoms with Crippen LogP contribution in [0.1, 0.15) is 22.5 Å². The first-order valence-corrected chi connectivity index (χ1v) is 8.00. The zero-order chi connectivity index (χ0) is 14.7. The lowest BCUT2D eigenvalue weighted by Gasteiger charge is -2.32. The van der Waals surface area contributed by atoms with E-state index in [0.29, 0.717) is 15.3 Å². The van der Waals surface area contributed by atoms with E-state index < -0.39 is 0 Å². The van der Waals surface area contributed by atoms with E-state index in [0.717, 1.165) is 31.7 Å². The van der Waals surface area contributed by atoms with E-state index in [9.17, 15) is 4.79 Å². The number of carbonyl (C=O) groups excluding carboxylic acids is 1. The molecule has 1 N–H and O–H groups in total. The number of hydrogen-bond donors (Lipinski definition) is 1. The van der Waals surface area contributed by atoms with Gasteiger partial charge in [0.05, 0.1) is 9.21 Å². The highest BCUT2D eigenvalue weighted by Crippen LogP contribution is 2.24. The van der Waals surface area contributed by atoms with Gasteiger partial charge in [-0.3, -0.25) is 4.79 Å². The first-order chi connectivity index (χ1) is 10.2. The van der Waals surface area contributed by atoms with Crippen LogP contribution in [0.25, 0.3) is 0 Å². The lowest BCUT2D eigenvalue weighted by atomic mass is 10.0. The quantitative estimate of drug-likeness (QED) is 0.944. The van der Waals surface area contributed by atoms with Gasteiger partial charge < -0.3 is 10.2 Å². The number of rotatable bonds is 3. The van der Waals surface area contributed by atoms with Crippen molar-refractivity contribution in [3.05, 3.63) is 39.7 Å². The van der Waals surface area contributed by atoms with Crippen molar-refractivity contribution in [1.29, 1.82) is 0 Å². The fourth-order valence-corrected chi connectivity index (χ4v) is 3.41. The van der Waals surface area contributed by atoms with Crippen LogP contribution in [0.3, 0.4) is 0 Å². The fourth-order valence-electron chi connectivity index (χ4n) is 2.40. The van der Waals surface area contributed by atoms with Crippen LogP contribution in [0.15, 0.2) is 30.5 Å². The third kappa shape index (κ3) is 3.51. The average Bonchev–Trinajstić information content (AvgIpc) is 2.95. The summed E-state index contributed by atoms with van der Waals surface area (Å²) >= 11 is 7.22. The van der Waals surface area contributed by atoms with Crippen molar-refractivity contribution in [3.63, 3.8) is 0 Å². The predicted molar refractivity (Wildman–Crippen MR) is 83.9 cm³/mol. The Kier molecular flexibility index (Phi) is 4.36. The van der Waals surface area contributed by atoms with Gasteiger partial charge in [0.15, 0.2) is 0 Å². The van der Waals surface area contributed by atoms with E-state index in [4.69, 9.17) is 11.6 Å². The van der Waals surface area contributed by atoms with Gasteiger partial charge >= 0.3 is 0 Å². The minimum Gasteiger partial charge on any atom is -0.366 e. The van der Waals surface area contributed by atoms with Crippen molar-refractivity contribution >= 4 is 34.7 Å². The van der Waals surface area contributed by atoms with Crippen LogP contribution in [0.5, 0.6) is 0 Å². The zero-order valence-corrected chi connectivity index (χ0v) is 12.9. The third-order valence-electron chi connectivity index (χ3n) is 3.49. The molecule has 1 fully saturated rings. The zero-order valence-electron chi connectivity index (χ0n) is 11.3. The number of thiophene rings is 1. The van der Waals surface area contributed by atoms with Gasteiger partial charge in [0.2, 0.25) is 0 Å². The van der Waals surface area contributed by atoms with Crippen molar-refractivity contribution in [2.24, 2.45) is 0 Å². The Labute approximate surface area is 131 Å². The molecule has 21 heavy (non-hydrogen) atoms. The van der Waals surface area contributed by atoms with Crippen molar-refractivity contribution in [3.8, 4) is 0 Å². The van der Waals surface area contributed by atoms with Crippen LogP contribution >= 0.6 is 22.9 Å². The summed E-state index contributed by atoms with van der Waals surface area (Å²) in [5.74, 6) is 0.858. The van der Waals surface area contributed by atoms with E-state index in [1.807, 2.05) is 17.0 Å². The summed E-state index contributed by atoms with van der Waals surface area (Å²) in [6, 6.07) is 7.64. The monoisotopic (exact) mass is 322 g/mol. The Balaban J connectivity index is 1.54. The maximum Gasteiger partial charge on any atom is 0.263 e. The highest BCUT2D eigenvalue weighted by Gasteiger charge is 2.24. The number of anilines is 1. The number of halogens is 1. The summed E-state index contributed by atoms with van der Waals surface area (Å²) in [6.45, 7) is 1.48. The second kappa shape index (κ2) is 6.41. The molecule has 3 heterocycles. The number of likely N-dealkylation sites (tertiary alicyclic amines) is 1. The van der Waals surface area contributed by atoms with E-state index in [1.165, 1.54) is 11.3 Å². The van der Waals surface area contributed by atoms with Gasteiger partial charge in [-0.1, -0.05) is 11.6 Å². The molecule has 5 nitrogen and oxygen atoms in total. The summed E-state index contributed by atoms with van der Waals surface area (Å²) in [6.07, 6.45) is 3.46. The Morgan fingerprint density at radius 1 is 1.33 bits per heavy atom. The summed E-state index contributed by atoms with van der Waals surface area (Å²) in [5, 5.41) is 11.2. The number of piperidine rings is 1. The van der Waals surface area contributed by atoms with Gasteiger partial charge in [-0.2, -0.15) is 5.10 Å². The molecule has 0 unspecified atom stereocenters. The molecule has 0 aromatic carbocycles. The van der Waals surface area contributed by atoms with Crippen LogP contribution in [0, 0.1) is 0 Å². The summed E-state index contributed by atoms with van der Waals surface area (Å²) in [4.78, 5) is 14.9. The largest absolute Gasteiger partial charge is 0.366 e. The molecule has 0 aliphatic carbocycles. The number of carbonyl (C=O) groups is 1. The lowest BCUT2D eigenvalue weighted by Crippen LogP contribution is -2.42. The predicted octanol–water partition coefficient (Wildman–Crippen LogP) is 2.91. The highest BCUT2D eigenvalue weighted by molar-refractivity contribution is 7.17. The van der Waals surface area contributed by atoms with E-state index >= 15 is 0 Å². The highest BCUT2D eigenvalue weighted by atomic mass is 35.5. The molecule has 0 bridgehead atoms.